The zero-order valence-corrected chi connectivity index (χ0v) is 13.8. The zero-order valence-electron chi connectivity index (χ0n) is 13.8. The summed E-state index contributed by atoms with van der Waals surface area (Å²) in [6.45, 7) is 0. The van der Waals surface area contributed by atoms with Crippen molar-refractivity contribution in [3.05, 3.63) is 18.2 Å². The van der Waals surface area contributed by atoms with Crippen LogP contribution < -0.4 is 23.7 Å². The van der Waals surface area contributed by atoms with Crippen LogP contribution in [0.15, 0.2) is 18.2 Å². The second-order valence-electron chi connectivity index (χ2n) is 4.92. The number of hydrogen-bond donors (Lipinski definition) is 1. The summed E-state index contributed by atoms with van der Waals surface area (Å²) < 4.78 is 27.3. The zero-order chi connectivity index (χ0) is 16.6. The number of nitrogens with one attached hydrogen (secondary N) is 1. The smallest absolute Gasteiger partial charge is 0.204 e. The first-order valence-corrected chi connectivity index (χ1v) is 7.05. The summed E-state index contributed by atoms with van der Waals surface area (Å²) in [7, 11) is 8.01. The van der Waals surface area contributed by atoms with E-state index in [4.69, 9.17) is 23.7 Å². The summed E-state index contributed by atoms with van der Waals surface area (Å²) in [5.74, 6) is 3.05. The Labute approximate surface area is 133 Å². The van der Waals surface area contributed by atoms with Crippen LogP contribution in [0.1, 0.15) is 0 Å². The molecule has 3 aromatic rings. The second kappa shape index (κ2) is 5.79. The number of aromatic amines is 1. The van der Waals surface area contributed by atoms with Gasteiger partial charge in [0.2, 0.25) is 5.75 Å². The average Bonchev–Trinajstić information content (AvgIpc) is 2.96. The molecule has 1 N–H and O–H groups in total. The average molecular weight is 317 g/mol. The van der Waals surface area contributed by atoms with Gasteiger partial charge in [0.15, 0.2) is 23.0 Å². The Hall–Kier alpha value is -2.76. The minimum atomic E-state index is 0.554. The molecule has 0 radical (unpaired) electrons. The first-order chi connectivity index (χ1) is 11.2. The van der Waals surface area contributed by atoms with Crippen LogP contribution >= 0.6 is 0 Å². The maximum absolute atomic E-state index is 5.59. The largest absolute Gasteiger partial charge is 0.493 e. The molecular weight excluding hydrogens is 298 g/mol. The minimum absolute atomic E-state index is 0.554. The van der Waals surface area contributed by atoms with Gasteiger partial charge >= 0.3 is 0 Å². The van der Waals surface area contributed by atoms with Crippen molar-refractivity contribution in [3.63, 3.8) is 0 Å². The van der Waals surface area contributed by atoms with E-state index in [1.807, 2.05) is 18.2 Å². The maximum atomic E-state index is 5.59. The molecule has 0 unspecified atom stereocenters. The third-order valence-electron chi connectivity index (χ3n) is 3.90. The van der Waals surface area contributed by atoms with E-state index in [1.54, 1.807) is 35.5 Å². The highest BCUT2D eigenvalue weighted by atomic mass is 16.5. The van der Waals surface area contributed by atoms with Crippen LogP contribution in [0, 0.1) is 0 Å². The van der Waals surface area contributed by atoms with Gasteiger partial charge in [-0.05, 0) is 12.1 Å². The van der Waals surface area contributed by atoms with E-state index in [1.165, 1.54) is 0 Å². The lowest BCUT2D eigenvalue weighted by Crippen LogP contribution is -1.95. The van der Waals surface area contributed by atoms with E-state index in [2.05, 4.69) is 4.98 Å². The molecule has 0 aliphatic carbocycles. The van der Waals surface area contributed by atoms with Crippen LogP contribution in [-0.2, 0) is 0 Å². The lowest BCUT2D eigenvalue weighted by Gasteiger charge is -2.13. The van der Waals surface area contributed by atoms with Gasteiger partial charge in [0.05, 0.1) is 52.0 Å². The Kier molecular flexibility index (Phi) is 3.82. The lowest BCUT2D eigenvalue weighted by atomic mass is 10.1. The molecule has 3 rings (SSSR count). The van der Waals surface area contributed by atoms with Crippen LogP contribution in [0.25, 0.3) is 21.8 Å². The number of H-pyrrole nitrogens is 1. The van der Waals surface area contributed by atoms with Gasteiger partial charge in [-0.3, -0.25) is 0 Å². The van der Waals surface area contributed by atoms with E-state index in [0.717, 1.165) is 21.8 Å². The van der Waals surface area contributed by atoms with Crippen LogP contribution in [0.3, 0.4) is 0 Å². The number of methoxy groups -OCH3 is 5. The van der Waals surface area contributed by atoms with Crippen molar-refractivity contribution in [2.24, 2.45) is 0 Å². The third kappa shape index (κ3) is 2.10. The summed E-state index contributed by atoms with van der Waals surface area (Å²) >= 11 is 0. The fraction of sp³-hybridized carbons (Fsp3) is 0.294. The first-order valence-electron chi connectivity index (χ1n) is 7.05. The molecule has 0 saturated carbocycles. The highest BCUT2D eigenvalue weighted by Gasteiger charge is 2.22. The van der Waals surface area contributed by atoms with Crippen molar-refractivity contribution in [2.45, 2.75) is 0 Å². The molecule has 0 atom stereocenters. The molecule has 0 saturated heterocycles. The standard InChI is InChI=1S/C17H19NO5/c1-19-11-7-6-9-13-10(18-14(9)15(11)21-3)8-12(20-2)16(22-4)17(13)23-5/h6-8,18H,1-5H3. The summed E-state index contributed by atoms with van der Waals surface area (Å²) in [4.78, 5) is 3.35. The topological polar surface area (TPSA) is 61.9 Å². The van der Waals surface area contributed by atoms with Gasteiger partial charge in [-0.15, -0.1) is 0 Å². The van der Waals surface area contributed by atoms with Gasteiger partial charge in [-0.25, -0.2) is 0 Å². The van der Waals surface area contributed by atoms with Crippen LogP contribution in [-0.4, -0.2) is 40.5 Å². The number of fused-ring (bicyclic) bond motifs is 3. The Balaban J connectivity index is 2.49. The number of rotatable bonds is 5. The molecule has 0 bridgehead atoms. The van der Waals surface area contributed by atoms with Gasteiger partial charge in [-0.2, -0.15) is 0 Å². The van der Waals surface area contributed by atoms with E-state index in [0.29, 0.717) is 28.7 Å². The molecule has 0 aliphatic rings. The van der Waals surface area contributed by atoms with Crippen molar-refractivity contribution in [1.82, 2.24) is 4.98 Å². The van der Waals surface area contributed by atoms with Crippen molar-refractivity contribution >= 4 is 21.8 Å². The van der Waals surface area contributed by atoms with Crippen LogP contribution in [0.5, 0.6) is 28.7 Å². The van der Waals surface area contributed by atoms with Crippen molar-refractivity contribution < 1.29 is 23.7 Å². The highest BCUT2D eigenvalue weighted by Crippen LogP contribution is 2.48. The van der Waals surface area contributed by atoms with E-state index in [9.17, 15) is 0 Å². The molecule has 0 aliphatic heterocycles. The summed E-state index contributed by atoms with van der Waals surface area (Å²) in [5, 5.41) is 1.86. The number of aromatic nitrogens is 1. The SMILES string of the molecule is COc1cc2[nH]c3c(OC)c(OC)ccc3c2c(OC)c1OC. The normalized spacial score (nSPS) is 10.8. The maximum Gasteiger partial charge on any atom is 0.204 e. The summed E-state index contributed by atoms with van der Waals surface area (Å²) in [5.41, 5.74) is 1.69. The van der Waals surface area contributed by atoms with Crippen LogP contribution in [0.2, 0.25) is 0 Å². The number of hydrogen-bond acceptors (Lipinski definition) is 5. The molecule has 6 nitrogen and oxygen atoms in total. The number of benzene rings is 2. The molecule has 1 aromatic heterocycles. The predicted molar refractivity (Wildman–Crippen MR) is 88.6 cm³/mol. The molecule has 0 spiro atoms. The monoisotopic (exact) mass is 317 g/mol. The number of ether oxygens (including phenoxy) is 5. The van der Waals surface area contributed by atoms with Crippen molar-refractivity contribution in [2.75, 3.05) is 35.5 Å². The summed E-state index contributed by atoms with van der Waals surface area (Å²) in [6, 6.07) is 5.71. The minimum Gasteiger partial charge on any atom is -0.493 e. The van der Waals surface area contributed by atoms with Crippen molar-refractivity contribution in [1.29, 1.82) is 0 Å². The van der Waals surface area contributed by atoms with E-state index in [-0.39, 0.29) is 0 Å². The van der Waals surface area contributed by atoms with Gasteiger partial charge in [-0.1, -0.05) is 0 Å². The lowest BCUT2D eigenvalue weighted by molar-refractivity contribution is 0.327. The second-order valence-corrected chi connectivity index (χ2v) is 4.92. The quantitative estimate of drug-likeness (QED) is 0.782. The molecule has 1 heterocycles. The fourth-order valence-electron chi connectivity index (χ4n) is 2.92. The molecular formula is C17H19NO5. The van der Waals surface area contributed by atoms with E-state index >= 15 is 0 Å². The Morgan fingerprint density at radius 2 is 1.35 bits per heavy atom. The predicted octanol–water partition coefficient (Wildman–Crippen LogP) is 3.36. The van der Waals surface area contributed by atoms with Gasteiger partial charge < -0.3 is 28.7 Å². The van der Waals surface area contributed by atoms with Gasteiger partial charge in [0.1, 0.15) is 0 Å². The molecule has 23 heavy (non-hydrogen) atoms. The van der Waals surface area contributed by atoms with E-state index < -0.39 is 0 Å². The molecule has 2 aromatic carbocycles. The highest BCUT2D eigenvalue weighted by molar-refractivity contribution is 6.14. The Bertz CT molecular complexity index is 869. The van der Waals surface area contributed by atoms with Crippen LogP contribution in [0.4, 0.5) is 0 Å². The van der Waals surface area contributed by atoms with Gasteiger partial charge in [0.25, 0.3) is 0 Å². The summed E-state index contributed by atoms with van der Waals surface area (Å²) in [6.07, 6.45) is 0. The third-order valence-corrected chi connectivity index (χ3v) is 3.90. The first kappa shape index (κ1) is 15.1. The Morgan fingerprint density at radius 1 is 0.696 bits per heavy atom. The molecule has 0 fully saturated rings. The van der Waals surface area contributed by atoms with Crippen molar-refractivity contribution in [3.8, 4) is 28.7 Å². The molecule has 122 valence electrons. The molecule has 6 heteroatoms. The Morgan fingerprint density at radius 3 is 1.91 bits per heavy atom. The van der Waals surface area contributed by atoms with Gasteiger partial charge in [0, 0.05) is 11.5 Å². The molecule has 0 amide bonds. The fourth-order valence-corrected chi connectivity index (χ4v) is 2.92.